The van der Waals surface area contributed by atoms with Gasteiger partial charge in [-0.15, -0.1) is 0 Å². The standard InChI is InChI=1S/C23H20N4O3S/c1-29-19-9-8-14(12-20(19)30-2)18-13-21(27-23(25-18)31-3)26-22(28)16-10-11-24-17-7-5-4-6-15(16)17/h4-13H,1-3H3,(H,25,26,27,28). The molecule has 4 aromatic rings. The van der Waals surface area contributed by atoms with E-state index >= 15 is 0 Å². The Hall–Kier alpha value is -3.65. The number of hydrogen-bond acceptors (Lipinski definition) is 7. The predicted molar refractivity (Wildman–Crippen MR) is 122 cm³/mol. The Morgan fingerprint density at radius 1 is 0.968 bits per heavy atom. The molecule has 0 aliphatic heterocycles. The molecule has 2 aromatic heterocycles. The molecule has 156 valence electrons. The van der Waals surface area contributed by atoms with E-state index in [9.17, 15) is 4.79 Å². The average Bonchev–Trinajstić information content (AvgIpc) is 2.82. The Kier molecular flexibility index (Phi) is 5.99. The van der Waals surface area contributed by atoms with Crippen LogP contribution in [-0.2, 0) is 0 Å². The monoisotopic (exact) mass is 432 g/mol. The first-order valence-electron chi connectivity index (χ1n) is 9.43. The first kappa shape index (κ1) is 20.6. The van der Waals surface area contributed by atoms with Gasteiger partial charge in [0.15, 0.2) is 16.7 Å². The number of thioether (sulfide) groups is 1. The molecule has 0 atom stereocenters. The Morgan fingerprint density at radius 3 is 2.55 bits per heavy atom. The lowest BCUT2D eigenvalue weighted by Gasteiger charge is -2.12. The fourth-order valence-electron chi connectivity index (χ4n) is 3.20. The molecule has 0 fully saturated rings. The van der Waals surface area contributed by atoms with Gasteiger partial charge in [-0.3, -0.25) is 9.78 Å². The predicted octanol–water partition coefficient (Wildman–Crippen LogP) is 4.68. The smallest absolute Gasteiger partial charge is 0.257 e. The van der Waals surface area contributed by atoms with Gasteiger partial charge < -0.3 is 14.8 Å². The van der Waals surface area contributed by atoms with Crippen LogP contribution in [0.4, 0.5) is 5.82 Å². The minimum atomic E-state index is -0.261. The maximum atomic E-state index is 13.0. The van der Waals surface area contributed by atoms with Crippen LogP contribution >= 0.6 is 11.8 Å². The van der Waals surface area contributed by atoms with Gasteiger partial charge in [0.1, 0.15) is 5.82 Å². The van der Waals surface area contributed by atoms with E-state index in [1.54, 1.807) is 32.5 Å². The summed E-state index contributed by atoms with van der Waals surface area (Å²) in [5.74, 6) is 1.37. The normalized spacial score (nSPS) is 10.7. The summed E-state index contributed by atoms with van der Waals surface area (Å²) in [6.45, 7) is 0. The molecule has 0 aliphatic carbocycles. The third kappa shape index (κ3) is 4.29. The number of carbonyl (C=O) groups excluding carboxylic acids is 1. The number of benzene rings is 2. The van der Waals surface area contributed by atoms with E-state index in [0.717, 1.165) is 16.5 Å². The fourth-order valence-corrected chi connectivity index (χ4v) is 3.58. The quantitative estimate of drug-likeness (QED) is 0.350. The third-order valence-corrected chi connectivity index (χ3v) is 5.25. The Balaban J connectivity index is 1.70. The second-order valence-electron chi connectivity index (χ2n) is 6.52. The number of anilines is 1. The molecule has 0 aliphatic rings. The molecule has 0 bridgehead atoms. The zero-order chi connectivity index (χ0) is 21.8. The molecule has 8 heteroatoms. The van der Waals surface area contributed by atoms with Crippen LogP contribution in [0.1, 0.15) is 10.4 Å². The van der Waals surface area contributed by atoms with Gasteiger partial charge >= 0.3 is 0 Å². The lowest BCUT2D eigenvalue weighted by Crippen LogP contribution is -2.14. The largest absolute Gasteiger partial charge is 0.493 e. The van der Waals surface area contributed by atoms with Crippen molar-refractivity contribution < 1.29 is 14.3 Å². The van der Waals surface area contributed by atoms with Crippen molar-refractivity contribution in [3.8, 4) is 22.8 Å². The SMILES string of the molecule is COc1ccc(-c2cc(NC(=O)c3ccnc4ccccc34)nc(SC)n2)cc1OC. The van der Waals surface area contributed by atoms with E-state index in [1.165, 1.54) is 11.8 Å². The molecule has 7 nitrogen and oxygen atoms in total. The molecule has 4 rings (SSSR count). The molecule has 0 saturated heterocycles. The summed E-state index contributed by atoms with van der Waals surface area (Å²) in [5.41, 5.74) is 2.77. The molecular weight excluding hydrogens is 412 g/mol. The second kappa shape index (κ2) is 9.01. The number of amides is 1. The molecule has 0 unspecified atom stereocenters. The zero-order valence-electron chi connectivity index (χ0n) is 17.2. The van der Waals surface area contributed by atoms with Crippen LogP contribution in [0.15, 0.2) is 66.0 Å². The van der Waals surface area contributed by atoms with Crippen molar-refractivity contribution in [2.75, 3.05) is 25.8 Å². The van der Waals surface area contributed by atoms with Gasteiger partial charge in [0.05, 0.1) is 31.0 Å². The number of pyridine rings is 1. The van der Waals surface area contributed by atoms with Crippen LogP contribution in [0.2, 0.25) is 0 Å². The van der Waals surface area contributed by atoms with Crippen molar-refractivity contribution in [3.05, 3.63) is 66.4 Å². The zero-order valence-corrected chi connectivity index (χ0v) is 18.1. The van der Waals surface area contributed by atoms with Crippen molar-refractivity contribution in [2.45, 2.75) is 5.16 Å². The number of methoxy groups -OCH3 is 2. The van der Waals surface area contributed by atoms with E-state index in [2.05, 4.69) is 20.3 Å². The topological polar surface area (TPSA) is 86.2 Å². The van der Waals surface area contributed by atoms with Crippen LogP contribution in [0.25, 0.3) is 22.2 Å². The van der Waals surface area contributed by atoms with Gasteiger partial charge in [-0.05, 0) is 36.6 Å². The second-order valence-corrected chi connectivity index (χ2v) is 7.30. The Morgan fingerprint density at radius 2 is 1.77 bits per heavy atom. The molecular formula is C23H20N4O3S. The number of ether oxygens (including phenoxy) is 2. The van der Waals surface area contributed by atoms with Crippen molar-refractivity contribution >= 4 is 34.4 Å². The molecule has 0 radical (unpaired) electrons. The number of aromatic nitrogens is 3. The number of nitrogens with zero attached hydrogens (tertiary/aromatic N) is 3. The number of nitrogens with one attached hydrogen (secondary N) is 1. The summed E-state index contributed by atoms with van der Waals surface area (Å²) in [4.78, 5) is 26.4. The first-order valence-corrected chi connectivity index (χ1v) is 10.7. The molecule has 2 aromatic carbocycles. The summed E-state index contributed by atoms with van der Waals surface area (Å²) >= 11 is 1.40. The summed E-state index contributed by atoms with van der Waals surface area (Å²) in [7, 11) is 3.17. The molecule has 1 N–H and O–H groups in total. The van der Waals surface area contributed by atoms with E-state index < -0.39 is 0 Å². The molecule has 31 heavy (non-hydrogen) atoms. The van der Waals surface area contributed by atoms with Crippen molar-refractivity contribution in [1.29, 1.82) is 0 Å². The lowest BCUT2D eigenvalue weighted by atomic mass is 10.1. The highest BCUT2D eigenvalue weighted by Crippen LogP contribution is 2.33. The Bertz CT molecular complexity index is 1260. The fraction of sp³-hybridized carbons (Fsp3) is 0.130. The van der Waals surface area contributed by atoms with Crippen LogP contribution in [0.5, 0.6) is 11.5 Å². The van der Waals surface area contributed by atoms with E-state index in [-0.39, 0.29) is 5.91 Å². The number of para-hydroxylation sites is 1. The van der Waals surface area contributed by atoms with Crippen LogP contribution in [0, 0.1) is 0 Å². The van der Waals surface area contributed by atoms with Crippen LogP contribution in [0.3, 0.4) is 0 Å². The van der Waals surface area contributed by atoms with Crippen molar-refractivity contribution in [3.63, 3.8) is 0 Å². The molecule has 1 amide bonds. The molecule has 0 spiro atoms. The summed E-state index contributed by atoms with van der Waals surface area (Å²) in [6.07, 6.45) is 3.51. The lowest BCUT2D eigenvalue weighted by molar-refractivity contribution is 0.102. The van der Waals surface area contributed by atoms with Gasteiger partial charge in [0.2, 0.25) is 0 Å². The van der Waals surface area contributed by atoms with Crippen LogP contribution < -0.4 is 14.8 Å². The van der Waals surface area contributed by atoms with Gasteiger partial charge in [0.25, 0.3) is 5.91 Å². The van der Waals surface area contributed by atoms with Crippen molar-refractivity contribution in [1.82, 2.24) is 15.0 Å². The van der Waals surface area contributed by atoms with E-state index in [4.69, 9.17) is 9.47 Å². The minimum Gasteiger partial charge on any atom is -0.493 e. The first-order chi connectivity index (χ1) is 15.1. The Labute approximate surface area is 183 Å². The number of rotatable bonds is 6. The maximum absolute atomic E-state index is 13.0. The summed E-state index contributed by atoms with van der Waals surface area (Å²) in [5, 5.41) is 4.22. The maximum Gasteiger partial charge on any atom is 0.257 e. The molecule has 0 saturated carbocycles. The number of fused-ring (bicyclic) bond motifs is 1. The van der Waals surface area contributed by atoms with E-state index in [0.29, 0.717) is 33.7 Å². The van der Waals surface area contributed by atoms with Gasteiger partial charge in [-0.1, -0.05) is 30.0 Å². The summed E-state index contributed by atoms with van der Waals surface area (Å²) < 4.78 is 10.7. The van der Waals surface area contributed by atoms with Gasteiger partial charge in [-0.2, -0.15) is 0 Å². The van der Waals surface area contributed by atoms with Crippen LogP contribution in [-0.4, -0.2) is 41.3 Å². The highest BCUT2D eigenvalue weighted by Gasteiger charge is 2.14. The molecule has 2 heterocycles. The third-order valence-electron chi connectivity index (χ3n) is 4.70. The van der Waals surface area contributed by atoms with Crippen molar-refractivity contribution in [2.24, 2.45) is 0 Å². The van der Waals surface area contributed by atoms with Gasteiger partial charge in [0, 0.05) is 23.2 Å². The number of carbonyl (C=O) groups is 1. The number of hydrogen-bond donors (Lipinski definition) is 1. The van der Waals surface area contributed by atoms with Gasteiger partial charge in [-0.25, -0.2) is 9.97 Å². The summed E-state index contributed by atoms with van der Waals surface area (Å²) in [6, 6.07) is 16.5. The minimum absolute atomic E-state index is 0.261. The highest BCUT2D eigenvalue weighted by molar-refractivity contribution is 7.98. The average molecular weight is 433 g/mol. The van der Waals surface area contributed by atoms with E-state index in [1.807, 2.05) is 48.7 Å². The highest BCUT2D eigenvalue weighted by atomic mass is 32.2.